The predicted octanol–water partition coefficient (Wildman–Crippen LogP) is -0.360. The fraction of sp³-hybridized carbons (Fsp3) is 0.333. The Morgan fingerprint density at radius 3 is 2.82 bits per heavy atom. The minimum atomic E-state index is -0.809. The van der Waals surface area contributed by atoms with E-state index in [0.29, 0.717) is 22.0 Å². The molecule has 2 heterocycles. The van der Waals surface area contributed by atoms with E-state index in [1.165, 1.54) is 18.2 Å². The maximum atomic E-state index is 14.8. The van der Waals surface area contributed by atoms with Gasteiger partial charge in [0.05, 0.1) is 23.2 Å². The molecule has 0 saturated carbocycles. The standard InChI is InChI=1S/C18H22FN5O3S/c1-3-8(7-25)22-18-23-17-11(13(20)15(28-17)16(21)27)14(24(18)2)9-5-4-6-10(26)12(9)19/h4-6,8,18,22,25-26H,3,7,20H2,1-2H3,(H2,21,27)/t8-,18?/m1/s1. The van der Waals surface area contributed by atoms with Crippen LogP contribution in [0, 0.1) is 5.82 Å². The van der Waals surface area contributed by atoms with Crippen LogP contribution in [0.25, 0.3) is 5.70 Å². The quantitative estimate of drug-likeness (QED) is 0.443. The normalized spacial score (nSPS) is 17.2. The summed E-state index contributed by atoms with van der Waals surface area (Å²) < 4.78 is 15.2. The van der Waals surface area contributed by atoms with E-state index in [0.717, 1.165) is 11.3 Å². The molecule has 1 aliphatic heterocycles. The maximum Gasteiger partial charge on any atom is 0.260 e. The molecule has 1 aromatic carbocycles. The van der Waals surface area contributed by atoms with Crippen molar-refractivity contribution in [3.05, 3.63) is 44.3 Å². The fourth-order valence-corrected chi connectivity index (χ4v) is 4.08. The summed E-state index contributed by atoms with van der Waals surface area (Å²) in [7, 11) is 1.69. The number of halogens is 1. The molecule has 150 valence electrons. The van der Waals surface area contributed by atoms with Crippen molar-refractivity contribution in [2.45, 2.75) is 25.7 Å². The molecule has 2 aromatic rings. The van der Waals surface area contributed by atoms with Crippen molar-refractivity contribution in [3.8, 4) is 5.75 Å². The molecule has 0 aliphatic carbocycles. The summed E-state index contributed by atoms with van der Waals surface area (Å²) in [6.45, 7) is 1.81. The summed E-state index contributed by atoms with van der Waals surface area (Å²) >= 11 is 1.03. The number of amides is 1. The number of nitrogen functional groups attached to an aromatic ring is 1. The molecule has 1 unspecified atom stereocenters. The Bertz CT molecular complexity index is 1030. The lowest BCUT2D eigenvalue weighted by Gasteiger charge is -2.34. The van der Waals surface area contributed by atoms with Crippen molar-refractivity contribution in [3.63, 3.8) is 0 Å². The fourth-order valence-electron chi connectivity index (χ4n) is 3.12. The van der Waals surface area contributed by atoms with Gasteiger partial charge in [-0.3, -0.25) is 10.1 Å². The number of carbonyl (C=O) groups excluding carboxylic acids is 1. The van der Waals surface area contributed by atoms with Crippen molar-refractivity contribution >= 4 is 28.6 Å². The van der Waals surface area contributed by atoms with Gasteiger partial charge in [-0.1, -0.05) is 13.0 Å². The monoisotopic (exact) mass is 407 g/mol. The minimum absolute atomic E-state index is 0.0991. The Morgan fingerprint density at radius 1 is 1.50 bits per heavy atom. The summed E-state index contributed by atoms with van der Waals surface area (Å²) in [5, 5.41) is 22.9. The number of aromatic hydroxyl groups is 1. The molecule has 3 rings (SSSR count). The Kier molecular flexibility index (Phi) is 5.54. The number of nitrogens with one attached hydrogen (secondary N) is 1. The topological polar surface area (TPSA) is 137 Å². The number of benzene rings is 1. The molecule has 0 spiro atoms. The highest BCUT2D eigenvalue weighted by atomic mass is 32.1. The van der Waals surface area contributed by atoms with Crippen molar-refractivity contribution in [1.82, 2.24) is 10.2 Å². The number of hydrogen-bond acceptors (Lipinski definition) is 8. The zero-order valence-electron chi connectivity index (χ0n) is 15.4. The number of carbonyl (C=O) groups is 1. The molecule has 1 amide bonds. The van der Waals surface area contributed by atoms with Crippen LogP contribution < -0.4 is 26.7 Å². The highest BCUT2D eigenvalue weighted by Gasteiger charge is 2.29. The Balaban J connectivity index is 2.31. The Morgan fingerprint density at radius 2 is 2.21 bits per heavy atom. The highest BCUT2D eigenvalue weighted by molar-refractivity contribution is 7.12. The van der Waals surface area contributed by atoms with Crippen molar-refractivity contribution in [1.29, 1.82) is 0 Å². The lowest BCUT2D eigenvalue weighted by Crippen LogP contribution is -2.53. The average molecular weight is 407 g/mol. The van der Waals surface area contributed by atoms with Gasteiger partial charge in [0.2, 0.25) is 0 Å². The van der Waals surface area contributed by atoms with Gasteiger partial charge in [-0.2, -0.15) is 0 Å². The van der Waals surface area contributed by atoms with Crippen LogP contribution in [0.5, 0.6) is 5.75 Å². The van der Waals surface area contributed by atoms with Crippen molar-refractivity contribution in [2.75, 3.05) is 19.4 Å². The van der Waals surface area contributed by atoms with E-state index in [1.807, 2.05) is 6.92 Å². The third-order valence-corrected chi connectivity index (χ3v) is 5.81. The minimum Gasteiger partial charge on any atom is -0.505 e. The Labute approximate surface area is 164 Å². The largest absolute Gasteiger partial charge is 0.505 e. The van der Waals surface area contributed by atoms with E-state index in [2.05, 4.69) is 10.3 Å². The van der Waals surface area contributed by atoms with E-state index in [9.17, 15) is 19.4 Å². The molecule has 0 bridgehead atoms. The van der Waals surface area contributed by atoms with Gasteiger partial charge in [-0.15, -0.1) is 11.3 Å². The third-order valence-electron chi connectivity index (χ3n) is 4.68. The number of anilines is 1. The molecular weight excluding hydrogens is 385 g/mol. The van der Waals surface area contributed by atoms with Gasteiger partial charge in [0.25, 0.3) is 5.91 Å². The molecule has 0 fully saturated rings. The second kappa shape index (κ2) is 7.74. The summed E-state index contributed by atoms with van der Waals surface area (Å²) in [4.78, 5) is 18.1. The van der Waals surface area contributed by atoms with Gasteiger partial charge in [0, 0.05) is 18.7 Å². The van der Waals surface area contributed by atoms with Gasteiger partial charge in [0.15, 0.2) is 17.9 Å². The summed E-state index contributed by atoms with van der Waals surface area (Å²) in [5.74, 6) is -2.01. The van der Waals surface area contributed by atoms with Crippen LogP contribution >= 0.6 is 11.3 Å². The van der Waals surface area contributed by atoms with E-state index in [-0.39, 0.29) is 28.8 Å². The third kappa shape index (κ3) is 3.30. The molecule has 1 aliphatic rings. The number of nitrogens with two attached hydrogens (primary N) is 2. The zero-order chi connectivity index (χ0) is 20.6. The van der Waals surface area contributed by atoms with Crippen molar-refractivity contribution < 1.29 is 19.4 Å². The van der Waals surface area contributed by atoms with Crippen LogP contribution in [-0.2, 0) is 0 Å². The zero-order valence-corrected chi connectivity index (χ0v) is 16.3. The SMILES string of the molecule is CC[C@H](CO)NC1N=c2sc(C(N)=O)c(N)c2=C(c2cccc(O)c2F)N1C. The van der Waals surface area contributed by atoms with Gasteiger partial charge in [-0.25, -0.2) is 9.38 Å². The summed E-state index contributed by atoms with van der Waals surface area (Å²) in [6.07, 6.45) is 0.0122. The lowest BCUT2D eigenvalue weighted by molar-refractivity contribution is 0.100. The molecule has 28 heavy (non-hydrogen) atoms. The number of nitrogens with zero attached hydrogens (tertiary/aromatic N) is 2. The van der Waals surface area contributed by atoms with Crippen LogP contribution in [0.1, 0.15) is 28.6 Å². The number of rotatable bonds is 6. The second-order valence-corrected chi connectivity index (χ2v) is 7.44. The molecule has 0 radical (unpaired) electrons. The van der Waals surface area contributed by atoms with Crippen LogP contribution in [0.3, 0.4) is 0 Å². The number of aliphatic hydroxyl groups is 1. The Hall–Kier alpha value is -2.69. The van der Waals surface area contributed by atoms with Crippen LogP contribution in [0.15, 0.2) is 23.2 Å². The average Bonchev–Trinajstić information content (AvgIpc) is 2.99. The van der Waals surface area contributed by atoms with E-state index < -0.39 is 23.8 Å². The number of primary amides is 1. The maximum absolute atomic E-state index is 14.8. The second-order valence-electron chi connectivity index (χ2n) is 6.44. The number of thiophene rings is 1. The van der Waals surface area contributed by atoms with Crippen LogP contribution in [0.4, 0.5) is 10.1 Å². The molecule has 2 atom stereocenters. The lowest BCUT2D eigenvalue weighted by atomic mass is 10.1. The summed E-state index contributed by atoms with van der Waals surface area (Å²) in [6, 6.07) is 4.04. The number of phenols is 1. The van der Waals surface area contributed by atoms with Gasteiger partial charge in [-0.05, 0) is 18.6 Å². The van der Waals surface area contributed by atoms with E-state index >= 15 is 0 Å². The molecular formula is C18H22FN5O3S. The summed E-state index contributed by atoms with van der Waals surface area (Å²) in [5.41, 5.74) is 12.2. The van der Waals surface area contributed by atoms with Gasteiger partial charge in [0.1, 0.15) is 9.55 Å². The van der Waals surface area contributed by atoms with E-state index in [1.54, 1.807) is 11.9 Å². The molecule has 0 saturated heterocycles. The molecule has 1 aromatic heterocycles. The first kappa shape index (κ1) is 20.1. The smallest absolute Gasteiger partial charge is 0.260 e. The molecule has 7 N–H and O–H groups in total. The number of aliphatic hydroxyl groups excluding tert-OH is 1. The van der Waals surface area contributed by atoms with E-state index in [4.69, 9.17) is 11.5 Å². The van der Waals surface area contributed by atoms with Gasteiger partial charge >= 0.3 is 0 Å². The van der Waals surface area contributed by atoms with Crippen molar-refractivity contribution in [2.24, 2.45) is 10.7 Å². The van der Waals surface area contributed by atoms with Crippen LogP contribution in [0.2, 0.25) is 0 Å². The molecule has 10 heteroatoms. The number of hydrogen-bond donors (Lipinski definition) is 5. The highest BCUT2D eigenvalue weighted by Crippen LogP contribution is 2.28. The number of fused-ring (bicyclic) bond motifs is 1. The first-order valence-electron chi connectivity index (χ1n) is 8.67. The first-order valence-corrected chi connectivity index (χ1v) is 9.49. The number of phenolic OH excluding ortho intramolecular Hbond substituents is 1. The predicted molar refractivity (Wildman–Crippen MR) is 104 cm³/mol. The van der Waals surface area contributed by atoms with Crippen LogP contribution in [-0.4, -0.2) is 47.0 Å². The molecule has 8 nitrogen and oxygen atoms in total. The van der Waals surface area contributed by atoms with Gasteiger partial charge < -0.3 is 26.6 Å². The first-order chi connectivity index (χ1) is 13.3.